The van der Waals surface area contributed by atoms with Crippen molar-refractivity contribution in [3.63, 3.8) is 0 Å². The maximum absolute atomic E-state index is 1.62. The smallest absolute Gasteiger partial charge is 0.0380 e. The highest BCUT2D eigenvalue weighted by atomic mass is 14.5. The van der Waals surface area contributed by atoms with Gasteiger partial charge in [0.2, 0.25) is 0 Å². The van der Waals surface area contributed by atoms with Gasteiger partial charge in [0.15, 0.2) is 0 Å². The molecule has 0 saturated heterocycles. The highest BCUT2D eigenvalue weighted by Gasteiger charge is 2.49. The third-order valence-corrected chi connectivity index (χ3v) is 3.57. The van der Waals surface area contributed by atoms with Crippen molar-refractivity contribution >= 4 is 0 Å². The number of hydrogen-bond acceptors (Lipinski definition) is 0. The summed E-state index contributed by atoms with van der Waals surface area (Å²) < 4.78 is 0. The molecule has 0 N–H and O–H groups in total. The van der Waals surface area contributed by atoms with E-state index < -0.39 is 0 Å². The van der Waals surface area contributed by atoms with Gasteiger partial charge in [-0.2, -0.15) is 0 Å². The molecule has 0 spiro atoms. The second-order valence-electron chi connectivity index (χ2n) is 4.32. The molecule has 3 aliphatic rings. The van der Waals surface area contributed by atoms with Gasteiger partial charge in [-0.25, -0.2) is 0 Å². The predicted molar refractivity (Wildman–Crippen MR) is 37.0 cm³/mol. The van der Waals surface area contributed by atoms with E-state index in [0.717, 1.165) is 0 Å². The molecule has 3 rings (SSSR count). The average Bonchev–Trinajstić information content (AvgIpc) is 2.72. The summed E-state index contributed by atoms with van der Waals surface area (Å²) in [4.78, 5) is 0. The normalized spacial score (nSPS) is 55.3. The Morgan fingerprint density at radius 1 is 0.556 bits per heavy atom. The Kier molecular flexibility index (Phi) is 0.717. The van der Waals surface area contributed by atoms with Gasteiger partial charge in [-0.05, 0) is 55.8 Å². The van der Waals surface area contributed by atoms with E-state index in [0.29, 0.717) is 0 Å². The van der Waals surface area contributed by atoms with E-state index in [1.54, 1.807) is 32.1 Å². The third-order valence-electron chi connectivity index (χ3n) is 3.57. The van der Waals surface area contributed by atoms with Crippen LogP contribution in [-0.2, 0) is 0 Å². The minimum Gasteiger partial charge on any atom is -0.0499 e. The zero-order valence-corrected chi connectivity index (χ0v) is 5.84. The van der Waals surface area contributed by atoms with E-state index >= 15 is 0 Å². The molecule has 3 saturated carbocycles. The van der Waals surface area contributed by atoms with Gasteiger partial charge < -0.3 is 0 Å². The van der Waals surface area contributed by atoms with Gasteiger partial charge in [-0.3, -0.25) is 0 Å². The van der Waals surface area contributed by atoms with Gasteiger partial charge in [0.25, 0.3) is 0 Å². The highest BCUT2D eigenvalue weighted by Crippen LogP contribution is 2.59. The Labute approximate surface area is 56.6 Å². The fourth-order valence-corrected chi connectivity index (χ4v) is 2.71. The molecule has 0 heteroatoms. The lowest BCUT2D eigenvalue weighted by Gasteiger charge is -2.07. The van der Waals surface area contributed by atoms with Crippen LogP contribution in [0.25, 0.3) is 0 Å². The minimum atomic E-state index is 1.20. The molecular weight excluding hydrogens is 108 g/mol. The van der Waals surface area contributed by atoms with E-state index in [1.807, 2.05) is 0 Å². The molecule has 0 radical (unpaired) electrons. The van der Waals surface area contributed by atoms with Gasteiger partial charge in [0.05, 0.1) is 0 Å². The Morgan fingerprint density at radius 2 is 1.00 bits per heavy atom. The van der Waals surface area contributed by atoms with Crippen molar-refractivity contribution in [2.45, 2.75) is 32.1 Å². The standard InChI is InChI=1S/C9H14/c1-2-6(1)7-3-8-5-9(8)4-7/h6-9H,1-5H2/t7?,8-,9?/m0/s1. The second-order valence-corrected chi connectivity index (χ2v) is 4.32. The first-order valence-corrected chi connectivity index (χ1v) is 4.43. The molecule has 3 aliphatic carbocycles. The Bertz CT molecular complexity index is 125. The Morgan fingerprint density at radius 3 is 1.44 bits per heavy atom. The summed E-state index contributed by atoms with van der Waals surface area (Å²) in [5.74, 6) is 4.85. The molecule has 9 heavy (non-hydrogen) atoms. The van der Waals surface area contributed by atoms with Crippen LogP contribution in [0, 0.1) is 23.7 Å². The summed E-state index contributed by atoms with van der Waals surface area (Å²) in [7, 11) is 0. The molecule has 0 bridgehead atoms. The molecular formula is C9H14. The Balaban J connectivity index is 1.69. The van der Waals surface area contributed by atoms with Crippen LogP contribution in [0.15, 0.2) is 0 Å². The third kappa shape index (κ3) is 0.653. The van der Waals surface area contributed by atoms with Crippen molar-refractivity contribution in [1.29, 1.82) is 0 Å². The molecule has 0 nitrogen and oxygen atoms in total. The van der Waals surface area contributed by atoms with E-state index in [9.17, 15) is 0 Å². The molecule has 3 fully saturated rings. The van der Waals surface area contributed by atoms with Crippen LogP contribution in [0.1, 0.15) is 32.1 Å². The van der Waals surface area contributed by atoms with E-state index in [4.69, 9.17) is 0 Å². The lowest BCUT2D eigenvalue weighted by Crippen LogP contribution is -1.98. The fraction of sp³-hybridized carbons (Fsp3) is 1.00. The van der Waals surface area contributed by atoms with Gasteiger partial charge in [-0.15, -0.1) is 0 Å². The zero-order chi connectivity index (χ0) is 5.84. The summed E-state index contributed by atoms with van der Waals surface area (Å²) >= 11 is 0. The Hall–Kier alpha value is 0. The molecule has 3 atom stereocenters. The van der Waals surface area contributed by atoms with Crippen molar-refractivity contribution in [2.75, 3.05) is 0 Å². The van der Waals surface area contributed by atoms with E-state index in [-0.39, 0.29) is 0 Å². The van der Waals surface area contributed by atoms with Gasteiger partial charge >= 0.3 is 0 Å². The molecule has 50 valence electrons. The molecule has 0 aromatic heterocycles. The van der Waals surface area contributed by atoms with Gasteiger partial charge in [0, 0.05) is 0 Å². The van der Waals surface area contributed by atoms with Crippen molar-refractivity contribution in [1.82, 2.24) is 0 Å². The quantitative estimate of drug-likeness (QED) is 0.501. The van der Waals surface area contributed by atoms with Crippen LogP contribution in [0.2, 0.25) is 0 Å². The SMILES string of the molecule is C1CC1C1CC2C[C@@H]2C1. The summed E-state index contributed by atoms with van der Waals surface area (Å²) in [5, 5.41) is 0. The maximum atomic E-state index is 1.62. The first kappa shape index (κ1) is 4.76. The van der Waals surface area contributed by atoms with Crippen molar-refractivity contribution in [2.24, 2.45) is 23.7 Å². The number of fused-ring (bicyclic) bond motifs is 1. The maximum Gasteiger partial charge on any atom is -0.0380 e. The van der Waals surface area contributed by atoms with Crippen LogP contribution < -0.4 is 0 Å². The zero-order valence-electron chi connectivity index (χ0n) is 5.84. The fourth-order valence-electron chi connectivity index (χ4n) is 2.71. The molecule has 0 heterocycles. The monoisotopic (exact) mass is 122 g/mol. The topological polar surface area (TPSA) is 0 Å². The van der Waals surface area contributed by atoms with Gasteiger partial charge in [-0.1, -0.05) is 0 Å². The molecule has 0 aromatic rings. The predicted octanol–water partition coefficient (Wildman–Crippen LogP) is 2.44. The summed E-state index contributed by atoms with van der Waals surface area (Å²) in [6.45, 7) is 0. The summed E-state index contributed by atoms with van der Waals surface area (Å²) in [6, 6.07) is 0. The summed E-state index contributed by atoms with van der Waals surface area (Å²) in [6.07, 6.45) is 7.99. The van der Waals surface area contributed by atoms with E-state index in [2.05, 4.69) is 0 Å². The van der Waals surface area contributed by atoms with Crippen molar-refractivity contribution in [3.8, 4) is 0 Å². The van der Waals surface area contributed by atoms with Gasteiger partial charge in [0.1, 0.15) is 0 Å². The minimum absolute atomic E-state index is 1.20. The first-order chi connectivity index (χ1) is 4.43. The van der Waals surface area contributed by atoms with Crippen LogP contribution in [0.3, 0.4) is 0 Å². The van der Waals surface area contributed by atoms with Crippen LogP contribution in [0.5, 0.6) is 0 Å². The number of rotatable bonds is 1. The summed E-state index contributed by atoms with van der Waals surface area (Å²) in [5.41, 5.74) is 0. The van der Waals surface area contributed by atoms with Crippen molar-refractivity contribution < 1.29 is 0 Å². The molecule has 0 amide bonds. The molecule has 0 aliphatic heterocycles. The largest absolute Gasteiger partial charge is 0.0499 e. The van der Waals surface area contributed by atoms with Crippen molar-refractivity contribution in [3.05, 3.63) is 0 Å². The van der Waals surface area contributed by atoms with E-state index in [1.165, 1.54) is 23.7 Å². The number of hydrogen-bond donors (Lipinski definition) is 0. The second kappa shape index (κ2) is 1.36. The first-order valence-electron chi connectivity index (χ1n) is 4.43. The lowest BCUT2D eigenvalue weighted by molar-refractivity contribution is 0.431. The van der Waals surface area contributed by atoms with Crippen LogP contribution >= 0.6 is 0 Å². The highest BCUT2D eigenvalue weighted by molar-refractivity contribution is 4.99. The average molecular weight is 122 g/mol. The lowest BCUT2D eigenvalue weighted by atomic mass is 9.98. The molecule has 0 aromatic carbocycles. The van der Waals surface area contributed by atoms with Crippen LogP contribution in [-0.4, -0.2) is 0 Å². The van der Waals surface area contributed by atoms with Crippen LogP contribution in [0.4, 0.5) is 0 Å². The molecule has 2 unspecified atom stereocenters.